The van der Waals surface area contributed by atoms with Gasteiger partial charge in [-0.15, -0.1) is 0 Å². The van der Waals surface area contributed by atoms with Crippen LogP contribution in [0.4, 0.5) is 4.39 Å². The van der Waals surface area contributed by atoms with Crippen LogP contribution in [0.15, 0.2) is 18.2 Å². The lowest BCUT2D eigenvalue weighted by atomic mass is 10.1. The summed E-state index contributed by atoms with van der Waals surface area (Å²) in [6.45, 7) is 6.73. The van der Waals surface area contributed by atoms with Crippen molar-refractivity contribution in [1.29, 1.82) is 0 Å². The first-order chi connectivity index (χ1) is 9.52. The fraction of sp³-hybridized carbons (Fsp3) is 0.562. The molecule has 110 valence electrons. The predicted molar refractivity (Wildman–Crippen MR) is 78.4 cm³/mol. The van der Waals surface area contributed by atoms with E-state index < -0.39 is 5.82 Å². The van der Waals surface area contributed by atoms with E-state index >= 15 is 0 Å². The molecular weight excluding hydrogens is 255 g/mol. The van der Waals surface area contributed by atoms with Crippen LogP contribution < -0.4 is 0 Å². The second kappa shape index (κ2) is 6.35. The molecule has 4 heteroatoms. The van der Waals surface area contributed by atoms with E-state index in [9.17, 15) is 9.18 Å². The van der Waals surface area contributed by atoms with E-state index in [1.54, 1.807) is 24.1 Å². The zero-order chi connectivity index (χ0) is 14.7. The van der Waals surface area contributed by atoms with Crippen LogP contribution in [0.5, 0.6) is 0 Å². The number of nitrogens with zero attached hydrogens (tertiary/aromatic N) is 2. The van der Waals surface area contributed by atoms with Crippen molar-refractivity contribution in [2.45, 2.75) is 32.7 Å². The van der Waals surface area contributed by atoms with Crippen LogP contribution in [-0.2, 0) is 0 Å². The second-order valence-corrected chi connectivity index (χ2v) is 5.59. The van der Waals surface area contributed by atoms with Crippen LogP contribution in [0, 0.1) is 12.7 Å². The van der Waals surface area contributed by atoms with Crippen LogP contribution in [0.1, 0.15) is 35.7 Å². The van der Waals surface area contributed by atoms with Gasteiger partial charge in [-0.1, -0.05) is 13.0 Å². The molecule has 1 aromatic carbocycles. The van der Waals surface area contributed by atoms with Gasteiger partial charge in [0.05, 0.1) is 5.56 Å². The lowest BCUT2D eigenvalue weighted by molar-refractivity contribution is 0.0750. The molecule has 0 bridgehead atoms. The van der Waals surface area contributed by atoms with E-state index in [1.165, 1.54) is 12.5 Å². The average molecular weight is 278 g/mol. The zero-order valence-corrected chi connectivity index (χ0v) is 12.5. The number of likely N-dealkylation sites (tertiary alicyclic amines) is 1. The summed E-state index contributed by atoms with van der Waals surface area (Å²) in [6, 6.07) is 5.17. The molecule has 1 unspecified atom stereocenters. The minimum Gasteiger partial charge on any atom is -0.340 e. The molecule has 0 spiro atoms. The van der Waals surface area contributed by atoms with Gasteiger partial charge in [0.25, 0.3) is 5.91 Å². The molecular formula is C16H23FN2O. The van der Waals surface area contributed by atoms with Crippen molar-refractivity contribution in [3.8, 4) is 0 Å². The first-order valence-electron chi connectivity index (χ1n) is 7.28. The van der Waals surface area contributed by atoms with Crippen LogP contribution in [0.3, 0.4) is 0 Å². The number of carbonyl (C=O) groups excluding carboxylic acids is 1. The first-order valence-corrected chi connectivity index (χ1v) is 7.28. The molecule has 0 N–H and O–H groups in total. The van der Waals surface area contributed by atoms with Gasteiger partial charge in [0.1, 0.15) is 5.82 Å². The van der Waals surface area contributed by atoms with Crippen molar-refractivity contribution in [1.82, 2.24) is 9.80 Å². The quantitative estimate of drug-likeness (QED) is 0.845. The maximum Gasteiger partial charge on any atom is 0.256 e. The van der Waals surface area contributed by atoms with Crippen LogP contribution in [-0.4, -0.2) is 48.4 Å². The van der Waals surface area contributed by atoms with E-state index in [0.717, 1.165) is 25.1 Å². The minimum atomic E-state index is -0.430. The molecule has 3 nitrogen and oxygen atoms in total. The maximum absolute atomic E-state index is 13.9. The van der Waals surface area contributed by atoms with Gasteiger partial charge in [-0.3, -0.25) is 9.69 Å². The first kappa shape index (κ1) is 15.0. The number of rotatable bonds is 4. The van der Waals surface area contributed by atoms with Gasteiger partial charge in [0.15, 0.2) is 0 Å². The molecule has 2 rings (SSSR count). The Hall–Kier alpha value is -1.42. The molecule has 0 aliphatic carbocycles. The van der Waals surface area contributed by atoms with E-state index in [-0.39, 0.29) is 11.5 Å². The molecule has 20 heavy (non-hydrogen) atoms. The lowest BCUT2D eigenvalue weighted by Crippen LogP contribution is -2.41. The third kappa shape index (κ3) is 3.18. The van der Waals surface area contributed by atoms with Crippen molar-refractivity contribution in [3.05, 3.63) is 35.1 Å². The third-order valence-corrected chi connectivity index (χ3v) is 4.09. The van der Waals surface area contributed by atoms with Crippen molar-refractivity contribution >= 4 is 5.91 Å². The number of amides is 1. The highest BCUT2D eigenvalue weighted by atomic mass is 19.1. The summed E-state index contributed by atoms with van der Waals surface area (Å²) in [5, 5.41) is 0. The molecule has 1 amide bonds. The van der Waals surface area contributed by atoms with Crippen molar-refractivity contribution in [3.63, 3.8) is 0 Å². The lowest BCUT2D eigenvalue weighted by Gasteiger charge is -2.27. The molecule has 1 atom stereocenters. The summed E-state index contributed by atoms with van der Waals surface area (Å²) in [6.07, 6.45) is 2.29. The summed E-state index contributed by atoms with van der Waals surface area (Å²) >= 11 is 0. The Labute approximate surface area is 120 Å². The summed E-state index contributed by atoms with van der Waals surface area (Å²) in [5.41, 5.74) is 0.994. The fourth-order valence-corrected chi connectivity index (χ4v) is 2.92. The van der Waals surface area contributed by atoms with E-state index in [4.69, 9.17) is 0 Å². The predicted octanol–water partition coefficient (Wildman–Crippen LogP) is 2.69. The van der Waals surface area contributed by atoms with Crippen molar-refractivity contribution in [2.24, 2.45) is 0 Å². The normalized spacial score (nSPS) is 19.3. The molecule has 0 radical (unpaired) electrons. The SMILES string of the molecule is CCN1CCCC1CN(C)C(=O)c1ccc(C)cc1F. The van der Waals surface area contributed by atoms with Gasteiger partial charge in [-0.25, -0.2) is 4.39 Å². The van der Waals surface area contributed by atoms with Crippen LogP contribution >= 0.6 is 0 Å². The Morgan fingerprint density at radius 3 is 2.90 bits per heavy atom. The Bertz CT molecular complexity index is 489. The Morgan fingerprint density at radius 2 is 2.25 bits per heavy atom. The summed E-state index contributed by atoms with van der Waals surface area (Å²) in [7, 11) is 1.76. The molecule has 1 aliphatic rings. The van der Waals surface area contributed by atoms with Gasteiger partial charge in [0, 0.05) is 19.6 Å². The highest BCUT2D eigenvalue weighted by molar-refractivity contribution is 5.94. The number of hydrogen-bond donors (Lipinski definition) is 0. The molecule has 1 saturated heterocycles. The summed E-state index contributed by atoms with van der Waals surface area (Å²) in [5.74, 6) is -0.661. The van der Waals surface area contributed by atoms with Gasteiger partial charge in [-0.05, 0) is 50.6 Å². The number of halogens is 1. The number of aryl methyl sites for hydroxylation is 1. The highest BCUT2D eigenvalue weighted by Gasteiger charge is 2.26. The molecule has 1 aromatic rings. The smallest absolute Gasteiger partial charge is 0.256 e. The number of hydrogen-bond acceptors (Lipinski definition) is 2. The van der Waals surface area contributed by atoms with E-state index in [2.05, 4.69) is 11.8 Å². The van der Waals surface area contributed by atoms with Crippen LogP contribution in [0.25, 0.3) is 0 Å². The van der Waals surface area contributed by atoms with E-state index in [1.807, 2.05) is 6.92 Å². The monoisotopic (exact) mass is 278 g/mol. The van der Waals surface area contributed by atoms with Gasteiger partial charge >= 0.3 is 0 Å². The van der Waals surface area contributed by atoms with Crippen molar-refractivity contribution < 1.29 is 9.18 Å². The Kier molecular flexibility index (Phi) is 4.76. The van der Waals surface area contributed by atoms with Gasteiger partial charge in [-0.2, -0.15) is 0 Å². The van der Waals surface area contributed by atoms with E-state index in [0.29, 0.717) is 12.6 Å². The maximum atomic E-state index is 13.9. The Morgan fingerprint density at radius 1 is 1.50 bits per heavy atom. The molecule has 0 aromatic heterocycles. The highest BCUT2D eigenvalue weighted by Crippen LogP contribution is 2.19. The topological polar surface area (TPSA) is 23.6 Å². The summed E-state index contributed by atoms with van der Waals surface area (Å²) < 4.78 is 13.9. The molecule has 1 aliphatic heterocycles. The number of benzene rings is 1. The zero-order valence-electron chi connectivity index (χ0n) is 12.5. The molecule has 0 saturated carbocycles. The van der Waals surface area contributed by atoms with Gasteiger partial charge < -0.3 is 4.90 Å². The standard InChI is InChI=1S/C16H23FN2O/c1-4-19-9-5-6-13(19)11-18(3)16(20)14-8-7-12(2)10-15(14)17/h7-8,10,13H,4-6,9,11H2,1-3H3. The minimum absolute atomic E-state index is 0.166. The largest absolute Gasteiger partial charge is 0.340 e. The molecule has 1 fully saturated rings. The van der Waals surface area contributed by atoms with Gasteiger partial charge in [0.2, 0.25) is 0 Å². The van der Waals surface area contributed by atoms with Crippen molar-refractivity contribution in [2.75, 3.05) is 26.7 Å². The number of likely N-dealkylation sites (N-methyl/N-ethyl adjacent to an activating group) is 2. The second-order valence-electron chi connectivity index (χ2n) is 5.59. The fourth-order valence-electron chi connectivity index (χ4n) is 2.92. The third-order valence-electron chi connectivity index (χ3n) is 4.09. The molecule has 1 heterocycles. The Balaban J connectivity index is 2.05. The number of carbonyl (C=O) groups is 1. The average Bonchev–Trinajstić information content (AvgIpc) is 2.85. The summed E-state index contributed by atoms with van der Waals surface area (Å²) in [4.78, 5) is 16.4. The van der Waals surface area contributed by atoms with Crippen LogP contribution in [0.2, 0.25) is 0 Å².